The molecule has 6 nitrogen and oxygen atoms in total. The highest BCUT2D eigenvalue weighted by Gasteiger charge is 2.16. The summed E-state index contributed by atoms with van der Waals surface area (Å²) in [7, 11) is 2.71. The number of amides is 1. The molecule has 0 aliphatic heterocycles. The quantitative estimate of drug-likeness (QED) is 0.478. The molecule has 0 unspecified atom stereocenters. The summed E-state index contributed by atoms with van der Waals surface area (Å²) in [6.07, 6.45) is 1.33. The molecule has 0 heterocycles. The van der Waals surface area contributed by atoms with Crippen LogP contribution in [0.2, 0.25) is 5.02 Å². The number of benzene rings is 2. The minimum atomic E-state index is -0.641. The Hall–Kier alpha value is -3.30. The Bertz CT molecular complexity index is 961. The van der Waals surface area contributed by atoms with Crippen molar-refractivity contribution in [1.82, 2.24) is 0 Å². The fraction of sp³-hybridized carbons (Fsp3) is 0.150. The molecule has 0 saturated heterocycles. The lowest BCUT2D eigenvalue weighted by Crippen LogP contribution is -2.14. The molecule has 7 heteroatoms. The number of esters is 1. The number of anilines is 1. The van der Waals surface area contributed by atoms with E-state index in [0.29, 0.717) is 22.0 Å². The third-order valence-electron chi connectivity index (χ3n) is 3.76. The van der Waals surface area contributed by atoms with Crippen molar-refractivity contribution >= 4 is 35.2 Å². The Balaban J connectivity index is 2.38. The van der Waals surface area contributed by atoms with Gasteiger partial charge in [-0.05, 0) is 36.3 Å². The molecule has 2 aromatic carbocycles. The number of ether oxygens (including phenoxy) is 2. The van der Waals surface area contributed by atoms with Crippen LogP contribution in [0, 0.1) is 18.3 Å². The van der Waals surface area contributed by atoms with Crippen LogP contribution in [0.4, 0.5) is 5.69 Å². The molecule has 1 N–H and O–H groups in total. The maximum absolute atomic E-state index is 12.6. The number of carbonyl (C=O) groups excluding carboxylic acids is 2. The van der Waals surface area contributed by atoms with E-state index in [9.17, 15) is 14.9 Å². The summed E-state index contributed by atoms with van der Waals surface area (Å²) >= 11 is 6.06. The number of nitrogens with one attached hydrogen (secondary N) is 1. The molecule has 0 spiro atoms. The number of nitrogens with zero attached hydrogens (tertiary/aromatic N) is 1. The van der Waals surface area contributed by atoms with Gasteiger partial charge in [-0.2, -0.15) is 5.26 Å². The summed E-state index contributed by atoms with van der Waals surface area (Å²) in [5.74, 6) is -0.835. The third kappa shape index (κ3) is 4.66. The maximum Gasteiger partial charge on any atom is 0.338 e. The van der Waals surface area contributed by atoms with Gasteiger partial charge in [0.25, 0.3) is 5.91 Å². The van der Waals surface area contributed by atoms with E-state index in [1.165, 1.54) is 20.3 Å². The van der Waals surface area contributed by atoms with E-state index in [1.54, 1.807) is 43.3 Å². The van der Waals surface area contributed by atoms with Crippen LogP contribution in [-0.2, 0) is 9.53 Å². The Morgan fingerprint density at radius 2 is 1.93 bits per heavy atom. The van der Waals surface area contributed by atoms with Crippen molar-refractivity contribution < 1.29 is 19.1 Å². The molecule has 0 fully saturated rings. The van der Waals surface area contributed by atoms with E-state index in [4.69, 9.17) is 21.1 Å². The predicted octanol–water partition coefficient (Wildman–Crippen LogP) is 3.99. The second-order valence-corrected chi connectivity index (χ2v) is 5.91. The first-order chi connectivity index (χ1) is 12.9. The molecular formula is C20H17ClN2O4. The van der Waals surface area contributed by atoms with Crippen molar-refractivity contribution in [3.05, 3.63) is 63.7 Å². The maximum atomic E-state index is 12.6. The van der Waals surface area contributed by atoms with Gasteiger partial charge in [0.2, 0.25) is 0 Å². The highest BCUT2D eigenvalue weighted by molar-refractivity contribution is 6.31. The van der Waals surface area contributed by atoms with Crippen molar-refractivity contribution in [2.75, 3.05) is 19.5 Å². The van der Waals surface area contributed by atoms with Gasteiger partial charge in [0.15, 0.2) is 0 Å². The van der Waals surface area contributed by atoms with Crippen LogP contribution in [0.3, 0.4) is 0 Å². The van der Waals surface area contributed by atoms with Gasteiger partial charge >= 0.3 is 5.97 Å². The zero-order valence-electron chi connectivity index (χ0n) is 15.0. The molecular weight excluding hydrogens is 368 g/mol. The molecule has 27 heavy (non-hydrogen) atoms. The van der Waals surface area contributed by atoms with Crippen LogP contribution in [0.25, 0.3) is 6.08 Å². The highest BCUT2D eigenvalue weighted by atomic mass is 35.5. The topological polar surface area (TPSA) is 88.4 Å². The van der Waals surface area contributed by atoms with Crippen LogP contribution in [0.5, 0.6) is 5.75 Å². The first-order valence-electron chi connectivity index (χ1n) is 7.85. The Morgan fingerprint density at radius 1 is 1.22 bits per heavy atom. The number of aryl methyl sites for hydroxylation is 1. The van der Waals surface area contributed by atoms with E-state index >= 15 is 0 Å². The van der Waals surface area contributed by atoms with Crippen LogP contribution in [-0.4, -0.2) is 26.1 Å². The number of hydrogen-bond acceptors (Lipinski definition) is 5. The first-order valence-corrected chi connectivity index (χ1v) is 8.23. The van der Waals surface area contributed by atoms with Gasteiger partial charge in [-0.15, -0.1) is 0 Å². The zero-order chi connectivity index (χ0) is 20.0. The highest BCUT2D eigenvalue weighted by Crippen LogP contribution is 2.31. The Morgan fingerprint density at radius 3 is 2.56 bits per heavy atom. The molecule has 1 amide bonds. The smallest absolute Gasteiger partial charge is 0.338 e. The minimum absolute atomic E-state index is 0.180. The SMILES string of the molecule is COC(=O)c1ccccc1/C=C(\C#N)C(=O)Nc1cc(C)c(Cl)cc1OC. The molecule has 2 rings (SSSR count). The number of nitriles is 1. The van der Waals surface area contributed by atoms with Crippen LogP contribution >= 0.6 is 11.6 Å². The Kier molecular flexibility index (Phi) is 6.58. The Labute approximate surface area is 162 Å². The van der Waals surface area contributed by atoms with Gasteiger partial charge in [-0.3, -0.25) is 4.79 Å². The lowest BCUT2D eigenvalue weighted by Gasteiger charge is -2.12. The van der Waals surface area contributed by atoms with Gasteiger partial charge < -0.3 is 14.8 Å². The lowest BCUT2D eigenvalue weighted by atomic mass is 10.0. The number of rotatable bonds is 5. The summed E-state index contributed by atoms with van der Waals surface area (Å²) in [6, 6.07) is 11.6. The molecule has 0 aliphatic carbocycles. The van der Waals surface area contributed by atoms with Crippen molar-refractivity contribution in [3.63, 3.8) is 0 Å². The predicted molar refractivity (Wildman–Crippen MR) is 103 cm³/mol. The monoisotopic (exact) mass is 384 g/mol. The lowest BCUT2D eigenvalue weighted by molar-refractivity contribution is -0.112. The normalized spacial score (nSPS) is 10.7. The summed E-state index contributed by atoms with van der Waals surface area (Å²) in [4.78, 5) is 24.4. The third-order valence-corrected chi connectivity index (χ3v) is 4.17. The largest absolute Gasteiger partial charge is 0.495 e. The van der Waals surface area contributed by atoms with Crippen molar-refractivity contribution in [2.45, 2.75) is 6.92 Å². The number of halogens is 1. The molecule has 0 radical (unpaired) electrons. The fourth-order valence-corrected chi connectivity index (χ4v) is 2.50. The number of methoxy groups -OCH3 is 2. The van der Waals surface area contributed by atoms with E-state index < -0.39 is 11.9 Å². The molecule has 0 bridgehead atoms. The van der Waals surface area contributed by atoms with Crippen LogP contribution < -0.4 is 10.1 Å². The molecule has 0 atom stereocenters. The molecule has 2 aromatic rings. The number of carbonyl (C=O) groups is 2. The zero-order valence-corrected chi connectivity index (χ0v) is 15.8. The molecule has 0 aliphatic rings. The van der Waals surface area contributed by atoms with Crippen LogP contribution in [0.1, 0.15) is 21.5 Å². The van der Waals surface area contributed by atoms with Crippen molar-refractivity contribution in [1.29, 1.82) is 5.26 Å². The van der Waals surface area contributed by atoms with E-state index in [1.807, 2.05) is 6.07 Å². The van der Waals surface area contributed by atoms with Crippen LogP contribution in [0.15, 0.2) is 42.0 Å². The summed E-state index contributed by atoms with van der Waals surface area (Å²) < 4.78 is 9.94. The average Bonchev–Trinajstić information content (AvgIpc) is 2.68. The average molecular weight is 385 g/mol. The summed E-state index contributed by atoms with van der Waals surface area (Å²) in [5, 5.41) is 12.5. The standard InChI is InChI=1S/C20H17ClN2O4/c1-12-8-17(18(26-2)10-16(12)21)23-19(24)14(11-22)9-13-6-4-5-7-15(13)20(25)27-3/h4-10H,1-3H3,(H,23,24)/b14-9+. The molecule has 0 aromatic heterocycles. The summed E-state index contributed by atoms with van der Waals surface area (Å²) in [5.41, 5.74) is 1.59. The fourth-order valence-electron chi connectivity index (χ4n) is 2.34. The second-order valence-electron chi connectivity index (χ2n) is 5.50. The van der Waals surface area contributed by atoms with Gasteiger partial charge in [0.05, 0.1) is 25.5 Å². The molecule has 138 valence electrons. The molecule has 0 saturated carbocycles. The van der Waals surface area contributed by atoms with Gasteiger partial charge in [-0.25, -0.2) is 4.79 Å². The van der Waals surface area contributed by atoms with Gasteiger partial charge in [0, 0.05) is 11.1 Å². The van der Waals surface area contributed by atoms with E-state index in [2.05, 4.69) is 5.32 Å². The van der Waals surface area contributed by atoms with E-state index in [-0.39, 0.29) is 11.1 Å². The minimum Gasteiger partial charge on any atom is -0.495 e. The van der Waals surface area contributed by atoms with Crippen molar-refractivity contribution in [2.24, 2.45) is 0 Å². The first kappa shape index (κ1) is 20.0. The number of hydrogen-bond donors (Lipinski definition) is 1. The van der Waals surface area contributed by atoms with E-state index in [0.717, 1.165) is 5.56 Å². The van der Waals surface area contributed by atoms with Gasteiger partial charge in [0.1, 0.15) is 17.4 Å². The summed E-state index contributed by atoms with van der Waals surface area (Å²) in [6.45, 7) is 1.78. The second kappa shape index (κ2) is 8.88. The van der Waals surface area contributed by atoms with Gasteiger partial charge in [-0.1, -0.05) is 29.8 Å². The van der Waals surface area contributed by atoms with Crippen molar-refractivity contribution in [3.8, 4) is 11.8 Å².